The van der Waals surface area contributed by atoms with Gasteiger partial charge < -0.3 is 64.8 Å². The molecule has 0 atom stereocenters. The van der Waals surface area contributed by atoms with Gasteiger partial charge in [-0.15, -0.1) is 0 Å². The van der Waals surface area contributed by atoms with Crippen molar-refractivity contribution in [2.75, 3.05) is 45.9 Å². The lowest BCUT2D eigenvalue weighted by Crippen LogP contribution is -2.14. The average molecular weight is 965 g/mol. The maximum atomic E-state index is 15.5. The highest BCUT2D eigenvalue weighted by atomic mass is 16.5. The Balaban J connectivity index is 1.41. The van der Waals surface area contributed by atoms with Crippen LogP contribution in [0.2, 0.25) is 0 Å². The monoisotopic (exact) mass is 964 g/mol. The van der Waals surface area contributed by atoms with Crippen LogP contribution >= 0.6 is 0 Å². The van der Waals surface area contributed by atoms with Gasteiger partial charge in [-0.05, 0) is 80.1 Å². The Labute approximate surface area is 414 Å². The summed E-state index contributed by atoms with van der Waals surface area (Å²) in [4.78, 5) is 34.9. The minimum atomic E-state index is -0.387. The first-order valence-electron chi connectivity index (χ1n) is 22.9. The zero-order chi connectivity index (χ0) is 50.9. The number of nitrogens with two attached hydrogens (primary N) is 8. The molecule has 0 amide bonds. The van der Waals surface area contributed by atoms with Gasteiger partial charge in [-0.1, -0.05) is 24.3 Å². The van der Waals surface area contributed by atoms with Gasteiger partial charge in [0.05, 0.1) is 16.4 Å². The summed E-state index contributed by atoms with van der Waals surface area (Å²) in [6, 6.07) is 33.9. The number of anilines is 8. The topological polar surface area (TPSA) is 297 Å². The van der Waals surface area contributed by atoms with E-state index in [0.717, 1.165) is 0 Å². The van der Waals surface area contributed by atoms with Gasteiger partial charge in [0.25, 0.3) is 5.56 Å². The van der Waals surface area contributed by atoms with Crippen molar-refractivity contribution in [1.29, 1.82) is 0 Å². The number of carbonyl (C=O) groups is 1. The van der Waals surface area contributed by atoms with Gasteiger partial charge >= 0.3 is 0 Å². The van der Waals surface area contributed by atoms with Crippen molar-refractivity contribution in [2.24, 2.45) is 0 Å². The fourth-order valence-corrected chi connectivity index (χ4v) is 10.3. The van der Waals surface area contributed by atoms with Crippen molar-refractivity contribution in [3.63, 3.8) is 0 Å². The fourth-order valence-electron chi connectivity index (χ4n) is 10.3. The molecule has 2 heterocycles. The molecule has 12 aromatic rings. The van der Waals surface area contributed by atoms with E-state index in [1.807, 2.05) is 43.3 Å². The summed E-state index contributed by atoms with van der Waals surface area (Å²) in [7, 11) is 0. The number of ketones is 1. The first-order chi connectivity index (χ1) is 35.0. The number of hydrogen-bond acceptors (Lipinski definition) is 15. The maximum absolute atomic E-state index is 15.5. The smallest absolute Gasteiger partial charge is 0.264 e. The highest BCUT2D eigenvalue weighted by molar-refractivity contribution is 6.43. The van der Waals surface area contributed by atoms with E-state index in [1.165, 1.54) is 6.92 Å². The number of ether oxygens (including phenoxy) is 4. The van der Waals surface area contributed by atoms with Gasteiger partial charge in [0.1, 0.15) is 51.6 Å². The summed E-state index contributed by atoms with van der Waals surface area (Å²) in [6.45, 7) is 7.71. The molecule has 16 N–H and O–H groups in total. The Morgan fingerprint density at radius 2 is 0.822 bits per heavy atom. The highest BCUT2D eigenvalue weighted by Crippen LogP contribution is 2.58. The van der Waals surface area contributed by atoms with Crippen molar-refractivity contribution in [3.8, 4) is 46.0 Å². The third kappa shape index (κ3) is 7.03. The van der Waals surface area contributed by atoms with Crippen LogP contribution < -0.4 is 70.4 Å². The molecule has 0 fully saturated rings. The van der Waals surface area contributed by atoms with Gasteiger partial charge in [-0.3, -0.25) is 14.0 Å². The number of carbonyl (C=O) groups excluding carboxylic acids is 1. The Bertz CT molecular complexity index is 4270. The van der Waals surface area contributed by atoms with E-state index in [1.54, 1.807) is 89.3 Å². The van der Waals surface area contributed by atoms with Crippen molar-refractivity contribution in [2.45, 2.75) is 13.8 Å². The minimum absolute atomic E-state index is 0.178. The predicted octanol–water partition coefficient (Wildman–Crippen LogP) is 11.6. The second-order valence-corrected chi connectivity index (χ2v) is 18.3. The fraction of sp³-hybridized carbons (Fsp3) is 0.0351. The molecule has 0 radical (unpaired) electrons. The molecule has 0 aliphatic rings. The molecule has 0 bridgehead atoms. The van der Waals surface area contributed by atoms with E-state index < -0.39 is 0 Å². The number of nitrogens with zero attached hydrogens (tertiary/aromatic N) is 2. The zero-order valence-electron chi connectivity index (χ0n) is 39.2. The number of pyridine rings is 1. The van der Waals surface area contributed by atoms with E-state index in [4.69, 9.17) is 69.8 Å². The Hall–Kier alpha value is -10.4. The van der Waals surface area contributed by atoms with Crippen LogP contribution in [-0.2, 0) is 0 Å². The molecule has 0 unspecified atom stereocenters. The number of fused-ring (bicyclic) bond motifs is 6. The zero-order valence-corrected chi connectivity index (χ0v) is 39.2. The van der Waals surface area contributed by atoms with Gasteiger partial charge in [0.15, 0.2) is 5.78 Å². The number of nitrogen functional groups attached to an aromatic ring is 8. The van der Waals surface area contributed by atoms with E-state index in [-0.39, 0.29) is 62.5 Å². The number of allylic oxidation sites excluding steroid dienone is 1. The van der Waals surface area contributed by atoms with Gasteiger partial charge in [-0.25, -0.2) is 4.98 Å². The molecule has 12 rings (SSSR count). The summed E-state index contributed by atoms with van der Waals surface area (Å²) < 4.78 is 29.6. The molecule has 16 heteroatoms. The number of imidazole rings is 1. The Morgan fingerprint density at radius 1 is 0.452 bits per heavy atom. The minimum Gasteiger partial charge on any atom is -0.457 e. The summed E-state index contributed by atoms with van der Waals surface area (Å²) in [5.74, 6) is 1.69. The number of benzene rings is 10. The number of rotatable bonds is 10. The second kappa shape index (κ2) is 15.8. The number of para-hydroxylation sites is 2. The standard InChI is InChI=1S/C57H44N10O6/c1-24(2)38-20-44(70-34-12-26(58)8-27(59)13-34)50-53-47(73-37-18-32(64)11-33(65)19-37)23-41-49-40(56-66-42-6-4-5-7-43(42)67(56)57(41)69)22-46(72-36-16-30(62)10-31(63)17-36)52(55(49)53)51-45(21-39(25(3)68)48(38)54(50)51)71-35-14-28(60)9-29(61)15-35/h4-23H,1,58-65H2,2-3H3. The van der Waals surface area contributed by atoms with Crippen LogP contribution in [0.4, 0.5) is 45.5 Å². The van der Waals surface area contributed by atoms with Crippen LogP contribution in [0.15, 0.2) is 133 Å². The van der Waals surface area contributed by atoms with Crippen molar-refractivity contribution < 1.29 is 23.7 Å². The van der Waals surface area contributed by atoms with Crippen LogP contribution in [0.3, 0.4) is 0 Å². The number of Topliss-reactive ketones (excluding diaryl/α,β-unsaturated/α-hetero) is 1. The molecule has 16 nitrogen and oxygen atoms in total. The number of hydrogen-bond donors (Lipinski definition) is 8. The van der Waals surface area contributed by atoms with Crippen LogP contribution in [0.1, 0.15) is 29.8 Å². The molecule has 0 saturated carbocycles. The van der Waals surface area contributed by atoms with E-state index in [2.05, 4.69) is 6.58 Å². The van der Waals surface area contributed by atoms with Crippen LogP contribution in [0.25, 0.3) is 76.1 Å². The lowest BCUT2D eigenvalue weighted by Gasteiger charge is -2.26. The molecule has 2 aromatic heterocycles. The molecule has 10 aromatic carbocycles. The Kier molecular flexibility index (Phi) is 9.53. The molecule has 0 saturated heterocycles. The summed E-state index contributed by atoms with van der Waals surface area (Å²) in [5.41, 5.74) is 56.4. The lowest BCUT2D eigenvalue weighted by molar-refractivity contribution is 0.101. The average Bonchev–Trinajstić information content (AvgIpc) is 3.70. The third-order valence-corrected chi connectivity index (χ3v) is 13.0. The SMILES string of the molecule is C=C(C)c1cc(Oc2cc(N)cc(N)c2)c2c3c(Oc4cc(N)cc(N)c4)cc4c(=O)n5c6ccccc6nc5c5cc(Oc6cc(N)cc(N)c6)c(c6c(Oc7cc(N)cc(N)c7)cc(C(C)=O)c1c26)c3c45. The molecule has 0 spiro atoms. The molecular weight excluding hydrogens is 921 g/mol. The highest BCUT2D eigenvalue weighted by Gasteiger charge is 2.32. The van der Waals surface area contributed by atoms with Crippen LogP contribution in [-0.4, -0.2) is 15.2 Å². The maximum Gasteiger partial charge on any atom is 0.264 e. The largest absolute Gasteiger partial charge is 0.457 e. The van der Waals surface area contributed by atoms with Crippen molar-refractivity contribution >= 4 is 127 Å². The molecule has 358 valence electrons. The molecule has 73 heavy (non-hydrogen) atoms. The van der Waals surface area contributed by atoms with Gasteiger partial charge in [0.2, 0.25) is 0 Å². The van der Waals surface area contributed by atoms with E-state index in [9.17, 15) is 4.79 Å². The predicted molar refractivity (Wildman–Crippen MR) is 295 cm³/mol. The van der Waals surface area contributed by atoms with Gasteiger partial charge in [-0.2, -0.15) is 0 Å². The molecule has 0 aliphatic carbocycles. The summed E-state index contributed by atoms with van der Waals surface area (Å²) >= 11 is 0. The quantitative estimate of drug-likeness (QED) is 0.0273. The first-order valence-corrected chi connectivity index (χ1v) is 22.9. The first kappa shape index (κ1) is 43.9. The van der Waals surface area contributed by atoms with Crippen LogP contribution in [0, 0.1) is 0 Å². The third-order valence-electron chi connectivity index (χ3n) is 13.0. The summed E-state index contributed by atoms with van der Waals surface area (Å²) in [5, 5.41) is 4.39. The van der Waals surface area contributed by atoms with Crippen molar-refractivity contribution in [1.82, 2.24) is 9.38 Å². The Morgan fingerprint density at radius 3 is 1.23 bits per heavy atom. The lowest BCUT2D eigenvalue weighted by atomic mass is 9.82. The van der Waals surface area contributed by atoms with Crippen LogP contribution in [0.5, 0.6) is 46.0 Å². The summed E-state index contributed by atoms with van der Waals surface area (Å²) in [6.07, 6.45) is 0. The normalized spacial score (nSPS) is 11.8. The number of aromatic nitrogens is 2. The van der Waals surface area contributed by atoms with Crippen molar-refractivity contribution in [3.05, 3.63) is 149 Å². The molecule has 0 aliphatic heterocycles. The van der Waals surface area contributed by atoms with Gasteiger partial charge in [0, 0.05) is 148 Å². The second-order valence-electron chi connectivity index (χ2n) is 18.3. The molecular formula is C57H44N10O6. The van der Waals surface area contributed by atoms with E-state index in [0.29, 0.717) is 128 Å². The van der Waals surface area contributed by atoms with E-state index >= 15 is 4.79 Å².